The Kier molecular flexibility index (Phi) is 5.80. The van der Waals surface area contributed by atoms with Crippen LogP contribution in [0.1, 0.15) is 5.82 Å². The quantitative estimate of drug-likeness (QED) is 0.381. The monoisotopic (exact) mass is 479 g/mol. The number of rotatable bonds is 6. The first-order valence-corrected chi connectivity index (χ1v) is 12.8. The molecule has 0 amide bonds. The molecule has 0 saturated carbocycles. The standard InChI is InChI=1S/C23H25N7O3S/c1-15-25-22-18(27-17-5-3-4-6-19(17)34(2,31)32)13-21(29-23(22)26-15)28-20-8-7-16(14-24-20)30-9-11-33-12-10-30/h3-8,13-14H,9-12H2,1-2H3,(H3,24,25,26,27,28,29). The SMILES string of the molecule is Cc1nc2c(Nc3ccccc3S(C)(=O)=O)cc(Nc3ccc(N4CCOCC4)cn3)nc2[nH]1. The maximum atomic E-state index is 12.3. The first kappa shape index (κ1) is 22.1. The molecule has 1 aromatic carbocycles. The molecule has 1 aliphatic rings. The van der Waals surface area contributed by atoms with Gasteiger partial charge in [0.05, 0.1) is 41.4 Å². The van der Waals surface area contributed by atoms with Gasteiger partial charge < -0.3 is 25.3 Å². The molecule has 0 spiro atoms. The molecule has 34 heavy (non-hydrogen) atoms. The Morgan fingerprint density at radius 2 is 1.79 bits per heavy atom. The van der Waals surface area contributed by atoms with Gasteiger partial charge in [0.2, 0.25) is 0 Å². The van der Waals surface area contributed by atoms with Crippen LogP contribution in [0.15, 0.2) is 53.6 Å². The number of aryl methyl sites for hydroxylation is 1. The molecule has 0 bridgehead atoms. The van der Waals surface area contributed by atoms with Gasteiger partial charge in [-0.15, -0.1) is 0 Å². The van der Waals surface area contributed by atoms with Crippen LogP contribution in [0.25, 0.3) is 11.2 Å². The first-order valence-electron chi connectivity index (χ1n) is 10.9. The highest BCUT2D eigenvalue weighted by atomic mass is 32.2. The van der Waals surface area contributed by atoms with Gasteiger partial charge in [-0.05, 0) is 31.2 Å². The molecule has 4 heterocycles. The number of aromatic amines is 1. The number of imidazole rings is 1. The second kappa shape index (κ2) is 8.92. The molecule has 1 saturated heterocycles. The van der Waals surface area contributed by atoms with E-state index in [0.717, 1.165) is 18.8 Å². The van der Waals surface area contributed by atoms with Crippen LogP contribution in [-0.2, 0) is 14.6 Å². The fraction of sp³-hybridized carbons (Fsp3) is 0.261. The van der Waals surface area contributed by atoms with E-state index < -0.39 is 9.84 Å². The maximum Gasteiger partial charge on any atom is 0.177 e. The van der Waals surface area contributed by atoms with Gasteiger partial charge in [-0.1, -0.05) is 12.1 Å². The third kappa shape index (κ3) is 4.66. The van der Waals surface area contributed by atoms with Crippen molar-refractivity contribution < 1.29 is 13.2 Å². The van der Waals surface area contributed by atoms with Gasteiger partial charge in [-0.3, -0.25) is 0 Å². The largest absolute Gasteiger partial charge is 0.378 e. The summed E-state index contributed by atoms with van der Waals surface area (Å²) in [6.45, 7) is 4.96. The van der Waals surface area contributed by atoms with E-state index in [1.54, 1.807) is 30.3 Å². The predicted octanol–water partition coefficient (Wildman–Crippen LogP) is 3.39. The summed E-state index contributed by atoms with van der Waals surface area (Å²) in [5, 5.41) is 6.47. The molecule has 0 atom stereocenters. The maximum absolute atomic E-state index is 12.3. The molecule has 0 radical (unpaired) electrons. The number of anilines is 5. The van der Waals surface area contributed by atoms with E-state index in [1.165, 1.54) is 6.26 Å². The molecule has 3 N–H and O–H groups in total. The van der Waals surface area contributed by atoms with Crippen molar-refractivity contribution in [1.82, 2.24) is 19.9 Å². The van der Waals surface area contributed by atoms with Crippen molar-refractivity contribution in [3.8, 4) is 0 Å². The molecule has 5 rings (SSSR count). The lowest BCUT2D eigenvalue weighted by Crippen LogP contribution is -2.36. The number of ether oxygens (including phenoxy) is 1. The lowest BCUT2D eigenvalue weighted by molar-refractivity contribution is 0.122. The van der Waals surface area contributed by atoms with Crippen molar-refractivity contribution in [2.45, 2.75) is 11.8 Å². The van der Waals surface area contributed by atoms with E-state index in [9.17, 15) is 8.42 Å². The molecule has 0 aliphatic carbocycles. The van der Waals surface area contributed by atoms with E-state index in [4.69, 9.17) is 4.74 Å². The number of H-pyrrole nitrogens is 1. The normalized spacial score (nSPS) is 14.4. The number of fused-ring (bicyclic) bond motifs is 1. The van der Waals surface area contributed by atoms with Crippen molar-refractivity contribution in [2.75, 3.05) is 48.1 Å². The zero-order valence-electron chi connectivity index (χ0n) is 18.9. The average Bonchev–Trinajstić information content (AvgIpc) is 3.20. The van der Waals surface area contributed by atoms with E-state index >= 15 is 0 Å². The number of hydrogen-bond donors (Lipinski definition) is 3. The summed E-state index contributed by atoms with van der Waals surface area (Å²) in [7, 11) is -3.42. The van der Waals surface area contributed by atoms with Crippen LogP contribution < -0.4 is 15.5 Å². The smallest absolute Gasteiger partial charge is 0.177 e. The Labute approximate surface area is 197 Å². The molecule has 1 fully saturated rings. The van der Waals surface area contributed by atoms with E-state index in [2.05, 4.69) is 35.5 Å². The summed E-state index contributed by atoms with van der Waals surface area (Å²) in [6.07, 6.45) is 3.02. The number of pyridine rings is 2. The molecule has 3 aromatic heterocycles. The molecular formula is C23H25N7O3S. The second-order valence-corrected chi connectivity index (χ2v) is 10.1. The van der Waals surface area contributed by atoms with Crippen LogP contribution in [0.5, 0.6) is 0 Å². The number of aromatic nitrogens is 4. The minimum Gasteiger partial charge on any atom is -0.378 e. The minimum atomic E-state index is -3.42. The zero-order valence-corrected chi connectivity index (χ0v) is 19.7. The highest BCUT2D eigenvalue weighted by Crippen LogP contribution is 2.31. The van der Waals surface area contributed by atoms with Crippen LogP contribution >= 0.6 is 0 Å². The molecule has 176 valence electrons. The summed E-state index contributed by atoms with van der Waals surface area (Å²) < 4.78 is 29.9. The van der Waals surface area contributed by atoms with E-state index in [1.807, 2.05) is 25.3 Å². The van der Waals surface area contributed by atoms with E-state index in [-0.39, 0.29) is 4.90 Å². The third-order valence-corrected chi connectivity index (χ3v) is 6.66. The molecule has 11 heteroatoms. The van der Waals surface area contributed by atoms with Crippen molar-refractivity contribution >= 4 is 49.7 Å². The summed E-state index contributed by atoms with van der Waals surface area (Å²) in [4.78, 5) is 19.3. The Balaban J connectivity index is 1.46. The number of hydrogen-bond acceptors (Lipinski definition) is 9. The molecule has 0 unspecified atom stereocenters. The van der Waals surface area contributed by atoms with Crippen LogP contribution in [0.2, 0.25) is 0 Å². The lowest BCUT2D eigenvalue weighted by Gasteiger charge is -2.28. The summed E-state index contributed by atoms with van der Waals surface area (Å²) in [5.74, 6) is 1.89. The van der Waals surface area contributed by atoms with Gasteiger partial charge in [0.1, 0.15) is 23.0 Å². The summed E-state index contributed by atoms with van der Waals surface area (Å²) in [6, 6.07) is 12.5. The lowest BCUT2D eigenvalue weighted by atomic mass is 10.2. The third-order valence-electron chi connectivity index (χ3n) is 5.51. The van der Waals surface area contributed by atoms with Gasteiger partial charge in [0, 0.05) is 25.4 Å². The van der Waals surface area contributed by atoms with Crippen LogP contribution in [0.3, 0.4) is 0 Å². The molecule has 10 nitrogen and oxygen atoms in total. The highest BCUT2D eigenvalue weighted by Gasteiger charge is 2.17. The van der Waals surface area contributed by atoms with Crippen molar-refractivity contribution in [3.05, 3.63) is 54.5 Å². The summed E-state index contributed by atoms with van der Waals surface area (Å²) >= 11 is 0. The average molecular weight is 480 g/mol. The number of morpholine rings is 1. The van der Waals surface area contributed by atoms with Crippen LogP contribution in [0, 0.1) is 6.92 Å². The Bertz CT molecular complexity index is 1430. The number of nitrogens with one attached hydrogen (secondary N) is 3. The Morgan fingerprint density at radius 1 is 1.00 bits per heavy atom. The Hall–Kier alpha value is -3.70. The van der Waals surface area contributed by atoms with Gasteiger partial charge in [0.15, 0.2) is 15.5 Å². The topological polar surface area (TPSA) is 125 Å². The number of sulfone groups is 1. The fourth-order valence-electron chi connectivity index (χ4n) is 3.90. The molecule has 4 aromatic rings. The first-order chi connectivity index (χ1) is 16.4. The summed E-state index contributed by atoms with van der Waals surface area (Å²) in [5.41, 5.74) is 3.32. The second-order valence-electron chi connectivity index (χ2n) is 8.09. The van der Waals surface area contributed by atoms with E-state index in [0.29, 0.717) is 53.2 Å². The number of benzene rings is 1. The van der Waals surface area contributed by atoms with Gasteiger partial charge in [-0.25, -0.2) is 23.4 Å². The highest BCUT2D eigenvalue weighted by molar-refractivity contribution is 7.90. The fourth-order valence-corrected chi connectivity index (χ4v) is 4.75. The predicted molar refractivity (Wildman–Crippen MR) is 132 cm³/mol. The number of nitrogens with zero attached hydrogens (tertiary/aromatic N) is 4. The Morgan fingerprint density at radius 3 is 2.53 bits per heavy atom. The van der Waals surface area contributed by atoms with Crippen molar-refractivity contribution in [1.29, 1.82) is 0 Å². The minimum absolute atomic E-state index is 0.210. The van der Waals surface area contributed by atoms with Crippen LogP contribution in [-0.4, -0.2) is 60.9 Å². The van der Waals surface area contributed by atoms with Crippen LogP contribution in [0.4, 0.5) is 28.7 Å². The number of para-hydroxylation sites is 1. The van der Waals surface area contributed by atoms with Gasteiger partial charge >= 0.3 is 0 Å². The van der Waals surface area contributed by atoms with Gasteiger partial charge in [-0.2, -0.15) is 0 Å². The van der Waals surface area contributed by atoms with Crippen molar-refractivity contribution in [3.63, 3.8) is 0 Å². The zero-order chi connectivity index (χ0) is 23.7. The van der Waals surface area contributed by atoms with Crippen molar-refractivity contribution in [2.24, 2.45) is 0 Å². The molecule has 1 aliphatic heterocycles. The molecular weight excluding hydrogens is 454 g/mol. The van der Waals surface area contributed by atoms with Gasteiger partial charge in [0.25, 0.3) is 0 Å².